The fourth-order valence-corrected chi connectivity index (χ4v) is 4.39. The molecule has 1 fully saturated rings. The lowest BCUT2D eigenvalue weighted by molar-refractivity contribution is 0.0396. The van der Waals surface area contributed by atoms with Crippen LogP contribution in [0.5, 0.6) is 5.75 Å². The molecule has 1 atom stereocenters. The molecule has 1 aromatic heterocycles. The van der Waals surface area contributed by atoms with E-state index in [2.05, 4.69) is 52.9 Å². The van der Waals surface area contributed by atoms with E-state index in [1.54, 1.807) is 0 Å². The van der Waals surface area contributed by atoms with Gasteiger partial charge in [-0.25, -0.2) is 0 Å². The number of fused-ring (bicyclic) bond motifs is 1. The predicted octanol–water partition coefficient (Wildman–Crippen LogP) is 4.63. The summed E-state index contributed by atoms with van der Waals surface area (Å²) in [5.41, 5.74) is 2.29. The van der Waals surface area contributed by atoms with E-state index in [0.717, 1.165) is 49.6 Å². The van der Waals surface area contributed by atoms with Crippen molar-refractivity contribution in [3.05, 3.63) is 59.9 Å². The molecule has 5 nitrogen and oxygen atoms in total. The van der Waals surface area contributed by atoms with E-state index in [4.69, 9.17) is 9.73 Å². The molecule has 1 aromatic carbocycles. The van der Waals surface area contributed by atoms with Gasteiger partial charge in [-0.2, -0.15) is 0 Å². The van der Waals surface area contributed by atoms with Crippen molar-refractivity contribution in [2.24, 2.45) is 4.99 Å². The molecule has 0 amide bonds. The van der Waals surface area contributed by atoms with Crippen molar-refractivity contribution in [3.63, 3.8) is 0 Å². The van der Waals surface area contributed by atoms with Crippen molar-refractivity contribution >= 4 is 29.9 Å². The van der Waals surface area contributed by atoms with Gasteiger partial charge in [-0.1, -0.05) is 24.3 Å². The van der Waals surface area contributed by atoms with E-state index in [-0.39, 0.29) is 35.6 Å². The largest absolute Gasteiger partial charge is 0.487 e. The van der Waals surface area contributed by atoms with Crippen LogP contribution in [0.1, 0.15) is 56.3 Å². The maximum absolute atomic E-state index is 6.48. The van der Waals surface area contributed by atoms with Gasteiger partial charge in [0, 0.05) is 43.4 Å². The molecule has 29 heavy (non-hydrogen) atoms. The lowest BCUT2D eigenvalue weighted by Crippen LogP contribution is -2.46. The Bertz CT molecular complexity index is 806. The van der Waals surface area contributed by atoms with Crippen LogP contribution in [0, 0.1) is 0 Å². The third-order valence-electron chi connectivity index (χ3n) is 5.73. The molecule has 2 aromatic rings. The third kappa shape index (κ3) is 5.41. The monoisotopic (exact) mass is 506 g/mol. The van der Waals surface area contributed by atoms with Gasteiger partial charge in [0.15, 0.2) is 5.96 Å². The van der Waals surface area contributed by atoms with Crippen molar-refractivity contribution < 1.29 is 4.74 Å². The molecule has 0 saturated heterocycles. The molecule has 0 bridgehead atoms. The lowest BCUT2D eigenvalue weighted by atomic mass is 9.86. The van der Waals surface area contributed by atoms with Crippen LogP contribution in [0.15, 0.2) is 53.7 Å². The Morgan fingerprint density at radius 3 is 2.72 bits per heavy atom. The number of benzene rings is 1. The second-order valence-corrected chi connectivity index (χ2v) is 7.76. The van der Waals surface area contributed by atoms with Crippen LogP contribution in [0.25, 0.3) is 0 Å². The number of pyridine rings is 1. The summed E-state index contributed by atoms with van der Waals surface area (Å²) < 4.78 is 6.48. The van der Waals surface area contributed by atoms with Gasteiger partial charge in [0.1, 0.15) is 11.4 Å². The fraction of sp³-hybridized carbons (Fsp3) is 0.478. The number of nitrogens with one attached hydrogen (secondary N) is 2. The molecular formula is C23H31IN4O. The average molecular weight is 506 g/mol. The van der Waals surface area contributed by atoms with Crippen molar-refractivity contribution in [1.82, 2.24) is 15.6 Å². The number of hydrogen-bond donors (Lipinski definition) is 2. The van der Waals surface area contributed by atoms with Crippen LogP contribution in [-0.2, 0) is 6.42 Å². The zero-order valence-electron chi connectivity index (χ0n) is 17.1. The van der Waals surface area contributed by atoms with Gasteiger partial charge >= 0.3 is 0 Å². The van der Waals surface area contributed by atoms with Gasteiger partial charge in [0.2, 0.25) is 0 Å². The number of halogens is 1. The van der Waals surface area contributed by atoms with Crippen LogP contribution >= 0.6 is 24.0 Å². The number of guanidine groups is 1. The minimum atomic E-state index is -0.0166. The SMILES string of the molecule is CCNC(=NCCc1ccccn1)NC1CC2(CCCC2)Oc2ccccc21.I. The highest BCUT2D eigenvalue weighted by Gasteiger charge is 2.43. The van der Waals surface area contributed by atoms with Gasteiger partial charge in [-0.15, -0.1) is 24.0 Å². The molecule has 2 N–H and O–H groups in total. The minimum absolute atomic E-state index is 0. The lowest BCUT2D eigenvalue weighted by Gasteiger charge is -2.40. The first kappa shape index (κ1) is 21.9. The number of nitrogens with zero attached hydrogens (tertiary/aromatic N) is 2. The van der Waals surface area contributed by atoms with Crippen molar-refractivity contribution in [3.8, 4) is 5.75 Å². The molecule has 1 aliphatic carbocycles. The highest BCUT2D eigenvalue weighted by molar-refractivity contribution is 14.0. The number of ether oxygens (including phenoxy) is 1. The zero-order chi connectivity index (χ0) is 19.2. The summed E-state index contributed by atoms with van der Waals surface area (Å²) in [6.07, 6.45) is 8.48. The summed E-state index contributed by atoms with van der Waals surface area (Å²) in [5.74, 6) is 1.89. The van der Waals surface area contributed by atoms with Gasteiger partial charge in [-0.3, -0.25) is 9.98 Å². The number of hydrogen-bond acceptors (Lipinski definition) is 3. The topological polar surface area (TPSA) is 58.5 Å². The maximum Gasteiger partial charge on any atom is 0.191 e. The van der Waals surface area contributed by atoms with Crippen molar-refractivity contribution in [2.75, 3.05) is 13.1 Å². The van der Waals surface area contributed by atoms with Crippen LogP contribution < -0.4 is 15.4 Å². The Morgan fingerprint density at radius 2 is 1.97 bits per heavy atom. The molecule has 6 heteroatoms. The summed E-state index contributed by atoms with van der Waals surface area (Å²) in [4.78, 5) is 9.19. The van der Waals surface area contributed by atoms with E-state index in [1.807, 2.05) is 18.3 Å². The molecule has 156 valence electrons. The van der Waals surface area contributed by atoms with Gasteiger partial charge in [0.25, 0.3) is 0 Å². The fourth-order valence-electron chi connectivity index (χ4n) is 4.39. The Labute approximate surface area is 190 Å². The van der Waals surface area contributed by atoms with Gasteiger partial charge in [0.05, 0.1) is 6.04 Å². The van der Waals surface area contributed by atoms with Crippen LogP contribution in [0.3, 0.4) is 0 Å². The minimum Gasteiger partial charge on any atom is -0.487 e. The number of aromatic nitrogens is 1. The predicted molar refractivity (Wildman–Crippen MR) is 128 cm³/mol. The molecular weight excluding hydrogens is 475 g/mol. The van der Waals surface area contributed by atoms with E-state index < -0.39 is 0 Å². The highest BCUT2D eigenvalue weighted by atomic mass is 127. The average Bonchev–Trinajstić information content (AvgIpc) is 3.16. The summed E-state index contributed by atoms with van der Waals surface area (Å²) in [6, 6.07) is 14.7. The number of rotatable bonds is 5. The molecule has 2 aliphatic rings. The molecule has 4 rings (SSSR count). The summed E-state index contributed by atoms with van der Waals surface area (Å²) in [6.45, 7) is 3.65. The Morgan fingerprint density at radius 1 is 1.17 bits per heavy atom. The first-order valence-corrected chi connectivity index (χ1v) is 10.5. The zero-order valence-corrected chi connectivity index (χ0v) is 19.4. The molecule has 0 radical (unpaired) electrons. The van der Waals surface area contributed by atoms with Gasteiger partial charge < -0.3 is 15.4 Å². The maximum atomic E-state index is 6.48. The standard InChI is InChI=1S/C23H30N4O.HI/c1-2-24-22(26-16-12-18-9-5-8-15-25-18)27-20-17-23(13-6-7-14-23)28-21-11-4-3-10-19(20)21;/h3-5,8-11,15,20H,2,6-7,12-14,16-17H2,1H3,(H2,24,26,27);1H. The Hall–Kier alpha value is -1.83. The quantitative estimate of drug-likeness (QED) is 0.353. The first-order valence-electron chi connectivity index (χ1n) is 10.5. The van der Waals surface area contributed by atoms with Gasteiger partial charge in [-0.05, 0) is 50.8 Å². The van der Waals surface area contributed by atoms with Crippen LogP contribution in [0.4, 0.5) is 0 Å². The summed E-state index contributed by atoms with van der Waals surface area (Å²) >= 11 is 0. The van der Waals surface area contributed by atoms with Crippen LogP contribution in [-0.4, -0.2) is 29.6 Å². The van der Waals surface area contributed by atoms with E-state index in [9.17, 15) is 0 Å². The molecule has 1 saturated carbocycles. The van der Waals surface area contributed by atoms with Crippen LogP contribution in [0.2, 0.25) is 0 Å². The third-order valence-corrected chi connectivity index (χ3v) is 5.73. The molecule has 1 unspecified atom stereocenters. The molecule has 1 aliphatic heterocycles. The van der Waals surface area contributed by atoms with E-state index >= 15 is 0 Å². The van der Waals surface area contributed by atoms with Crippen molar-refractivity contribution in [2.45, 2.75) is 57.1 Å². The number of para-hydroxylation sites is 1. The van der Waals surface area contributed by atoms with E-state index in [0.29, 0.717) is 6.54 Å². The second-order valence-electron chi connectivity index (χ2n) is 7.76. The first-order chi connectivity index (χ1) is 13.8. The Kier molecular flexibility index (Phi) is 7.75. The van der Waals surface area contributed by atoms with E-state index in [1.165, 1.54) is 18.4 Å². The summed E-state index contributed by atoms with van der Waals surface area (Å²) in [7, 11) is 0. The smallest absolute Gasteiger partial charge is 0.191 e. The Balaban J connectivity index is 0.00000240. The normalized spacial score (nSPS) is 19.8. The number of aliphatic imine (C=N–C) groups is 1. The summed E-state index contributed by atoms with van der Waals surface area (Å²) in [5, 5.41) is 7.09. The highest BCUT2D eigenvalue weighted by Crippen LogP contribution is 2.46. The molecule has 1 spiro atoms. The second kappa shape index (κ2) is 10.3. The van der Waals surface area contributed by atoms with Crippen molar-refractivity contribution in [1.29, 1.82) is 0 Å². The molecule has 2 heterocycles.